The maximum Gasteiger partial charge on any atom is 0.433 e. The summed E-state index contributed by atoms with van der Waals surface area (Å²) < 4.78 is 38.6. The number of aryl methyl sites for hydroxylation is 1. The monoisotopic (exact) mass is 360 g/mol. The molecule has 1 unspecified atom stereocenters. The Hall–Kier alpha value is -3.08. The van der Waals surface area contributed by atoms with E-state index in [1.165, 1.54) is 0 Å². The predicted octanol–water partition coefficient (Wildman–Crippen LogP) is 3.50. The van der Waals surface area contributed by atoms with E-state index in [1.54, 1.807) is 11.0 Å². The zero-order valence-corrected chi connectivity index (χ0v) is 13.8. The Morgan fingerprint density at radius 3 is 2.54 bits per heavy atom. The highest BCUT2D eigenvalue weighted by atomic mass is 19.4. The van der Waals surface area contributed by atoms with Crippen LogP contribution in [0.25, 0.3) is 0 Å². The van der Waals surface area contributed by atoms with Gasteiger partial charge in [0.15, 0.2) is 0 Å². The molecule has 0 radical (unpaired) electrons. The molecule has 0 spiro atoms. The normalized spacial score (nSPS) is 17.3. The van der Waals surface area contributed by atoms with E-state index >= 15 is 0 Å². The number of aromatic nitrogens is 1. The summed E-state index contributed by atoms with van der Waals surface area (Å²) in [5.74, 6) is -0.497. The number of nitrogens with one attached hydrogen (secondary N) is 1. The van der Waals surface area contributed by atoms with Gasteiger partial charge in [-0.3, -0.25) is 4.79 Å². The highest BCUT2D eigenvalue weighted by Crippen LogP contribution is 2.30. The summed E-state index contributed by atoms with van der Waals surface area (Å²) in [5, 5.41) is 11.8. The number of benzene rings is 1. The molecule has 2 heterocycles. The van der Waals surface area contributed by atoms with Gasteiger partial charge in [0.2, 0.25) is 5.91 Å². The lowest BCUT2D eigenvalue weighted by molar-refractivity contribution is -0.141. The number of nitriles is 1. The summed E-state index contributed by atoms with van der Waals surface area (Å²) in [6.45, 7) is 2.36. The fourth-order valence-electron chi connectivity index (χ4n) is 2.78. The molecule has 8 heteroatoms. The minimum atomic E-state index is -4.63. The van der Waals surface area contributed by atoms with Crippen LogP contribution in [0.3, 0.4) is 0 Å². The van der Waals surface area contributed by atoms with Gasteiger partial charge in [0.1, 0.15) is 23.6 Å². The average molecular weight is 360 g/mol. The van der Waals surface area contributed by atoms with E-state index in [1.807, 2.05) is 31.2 Å². The van der Waals surface area contributed by atoms with Crippen LogP contribution in [0.15, 0.2) is 36.4 Å². The molecule has 1 N–H and O–H groups in total. The van der Waals surface area contributed by atoms with Gasteiger partial charge < -0.3 is 10.2 Å². The Labute approximate surface area is 148 Å². The SMILES string of the molecule is Cc1ccc(N2CCC(Nc3nc(C(F)(F)F)ccc3C#N)C2=O)cc1. The van der Waals surface area contributed by atoms with Crippen LogP contribution in [-0.4, -0.2) is 23.5 Å². The third kappa shape index (κ3) is 3.47. The smallest absolute Gasteiger partial charge is 0.357 e. The molecule has 5 nitrogen and oxygen atoms in total. The molecular weight excluding hydrogens is 345 g/mol. The second-order valence-corrected chi connectivity index (χ2v) is 6.01. The van der Waals surface area contributed by atoms with Crippen molar-refractivity contribution in [3.05, 3.63) is 53.2 Å². The van der Waals surface area contributed by atoms with Gasteiger partial charge in [0.25, 0.3) is 0 Å². The number of amides is 1. The quantitative estimate of drug-likeness (QED) is 0.910. The molecule has 1 amide bonds. The molecule has 0 aliphatic carbocycles. The highest BCUT2D eigenvalue weighted by molar-refractivity contribution is 6.01. The fraction of sp³-hybridized carbons (Fsp3) is 0.278. The van der Waals surface area contributed by atoms with Crippen LogP contribution in [-0.2, 0) is 11.0 Å². The lowest BCUT2D eigenvalue weighted by Crippen LogP contribution is -2.34. The summed E-state index contributed by atoms with van der Waals surface area (Å²) in [6, 6.07) is 10.3. The van der Waals surface area contributed by atoms with Gasteiger partial charge in [0, 0.05) is 12.2 Å². The third-order valence-electron chi connectivity index (χ3n) is 4.17. The van der Waals surface area contributed by atoms with Crippen molar-refractivity contribution in [2.24, 2.45) is 0 Å². The number of halogens is 3. The Morgan fingerprint density at radius 2 is 1.92 bits per heavy atom. The summed E-state index contributed by atoms with van der Waals surface area (Å²) in [4.78, 5) is 17.7. The first-order valence-electron chi connectivity index (χ1n) is 7.92. The van der Waals surface area contributed by atoms with Gasteiger partial charge in [0.05, 0.1) is 5.56 Å². The van der Waals surface area contributed by atoms with Crippen LogP contribution in [0, 0.1) is 18.3 Å². The van der Waals surface area contributed by atoms with Gasteiger partial charge in [-0.25, -0.2) is 4.98 Å². The Kier molecular flexibility index (Phi) is 4.55. The second kappa shape index (κ2) is 6.67. The standard InChI is InChI=1S/C18H15F3N4O/c1-11-2-5-13(6-3-11)25-9-8-14(17(25)26)23-16-12(10-22)4-7-15(24-16)18(19,20)21/h2-7,14H,8-9H2,1H3,(H,23,24). The zero-order chi connectivity index (χ0) is 18.9. The fourth-order valence-corrected chi connectivity index (χ4v) is 2.78. The lowest BCUT2D eigenvalue weighted by atomic mass is 10.2. The molecular formula is C18H15F3N4O. The van der Waals surface area contributed by atoms with E-state index in [-0.39, 0.29) is 17.3 Å². The van der Waals surface area contributed by atoms with E-state index < -0.39 is 17.9 Å². The number of nitrogens with zero attached hydrogens (tertiary/aromatic N) is 3. The molecule has 1 atom stereocenters. The number of hydrogen-bond acceptors (Lipinski definition) is 4. The summed E-state index contributed by atoms with van der Waals surface area (Å²) in [7, 11) is 0. The molecule has 2 aromatic rings. The van der Waals surface area contributed by atoms with Crippen LogP contribution in [0.2, 0.25) is 0 Å². The van der Waals surface area contributed by atoms with Crippen molar-refractivity contribution in [1.29, 1.82) is 5.26 Å². The van der Waals surface area contributed by atoms with Crippen molar-refractivity contribution >= 4 is 17.4 Å². The van der Waals surface area contributed by atoms with Crippen molar-refractivity contribution < 1.29 is 18.0 Å². The average Bonchev–Trinajstić information content (AvgIpc) is 2.95. The number of pyridine rings is 1. The van der Waals surface area contributed by atoms with Gasteiger partial charge in [-0.05, 0) is 37.6 Å². The van der Waals surface area contributed by atoms with Crippen LogP contribution in [0.1, 0.15) is 23.2 Å². The van der Waals surface area contributed by atoms with Gasteiger partial charge >= 0.3 is 6.18 Å². The summed E-state index contributed by atoms with van der Waals surface area (Å²) >= 11 is 0. The molecule has 1 fully saturated rings. The molecule has 3 rings (SSSR count). The molecule has 1 aromatic carbocycles. The van der Waals surface area contributed by atoms with Crippen molar-refractivity contribution in [2.75, 3.05) is 16.8 Å². The van der Waals surface area contributed by atoms with Crippen molar-refractivity contribution in [2.45, 2.75) is 25.6 Å². The summed E-state index contributed by atoms with van der Waals surface area (Å²) in [6.07, 6.45) is -4.23. The third-order valence-corrected chi connectivity index (χ3v) is 4.17. The Morgan fingerprint density at radius 1 is 1.23 bits per heavy atom. The maximum absolute atomic E-state index is 12.9. The molecule has 1 saturated heterocycles. The van der Waals surface area contributed by atoms with Crippen molar-refractivity contribution in [3.63, 3.8) is 0 Å². The molecule has 1 aliphatic rings. The minimum Gasteiger partial charge on any atom is -0.357 e. The molecule has 134 valence electrons. The second-order valence-electron chi connectivity index (χ2n) is 6.01. The van der Waals surface area contributed by atoms with Crippen LogP contribution in [0.4, 0.5) is 24.7 Å². The van der Waals surface area contributed by atoms with Crippen LogP contribution < -0.4 is 10.2 Å². The molecule has 0 saturated carbocycles. The number of hydrogen-bond donors (Lipinski definition) is 1. The van der Waals surface area contributed by atoms with Crippen molar-refractivity contribution in [3.8, 4) is 6.07 Å². The predicted molar refractivity (Wildman–Crippen MR) is 89.5 cm³/mol. The number of anilines is 2. The van der Waals surface area contributed by atoms with Crippen LogP contribution in [0.5, 0.6) is 0 Å². The van der Waals surface area contributed by atoms with E-state index in [0.717, 1.165) is 23.4 Å². The van der Waals surface area contributed by atoms with E-state index in [9.17, 15) is 18.0 Å². The Balaban J connectivity index is 1.82. The number of alkyl halides is 3. The molecule has 1 aromatic heterocycles. The number of carbonyl (C=O) groups excluding carboxylic acids is 1. The van der Waals surface area contributed by atoms with E-state index in [4.69, 9.17) is 5.26 Å². The topological polar surface area (TPSA) is 69.0 Å². The van der Waals surface area contributed by atoms with Crippen LogP contribution >= 0.6 is 0 Å². The highest BCUT2D eigenvalue weighted by Gasteiger charge is 2.35. The molecule has 26 heavy (non-hydrogen) atoms. The van der Waals surface area contributed by atoms with E-state index in [0.29, 0.717) is 13.0 Å². The number of carbonyl (C=O) groups is 1. The van der Waals surface area contributed by atoms with E-state index in [2.05, 4.69) is 10.3 Å². The van der Waals surface area contributed by atoms with Gasteiger partial charge in [-0.2, -0.15) is 18.4 Å². The molecule has 0 bridgehead atoms. The first-order chi connectivity index (χ1) is 12.3. The maximum atomic E-state index is 12.9. The van der Waals surface area contributed by atoms with Gasteiger partial charge in [-0.1, -0.05) is 17.7 Å². The number of rotatable bonds is 3. The minimum absolute atomic E-state index is 0.0421. The Bertz CT molecular complexity index is 871. The van der Waals surface area contributed by atoms with Crippen molar-refractivity contribution in [1.82, 2.24) is 4.98 Å². The molecule has 1 aliphatic heterocycles. The zero-order valence-electron chi connectivity index (χ0n) is 13.8. The lowest BCUT2D eigenvalue weighted by Gasteiger charge is -2.18. The summed E-state index contributed by atoms with van der Waals surface area (Å²) in [5.41, 5.74) is 0.628. The first kappa shape index (κ1) is 17.7. The van der Waals surface area contributed by atoms with Gasteiger partial charge in [-0.15, -0.1) is 0 Å². The first-order valence-corrected chi connectivity index (χ1v) is 7.92. The largest absolute Gasteiger partial charge is 0.433 e.